The summed E-state index contributed by atoms with van der Waals surface area (Å²) in [5, 5.41) is 0.860. The number of nitrogens with zero attached hydrogens (tertiary/aromatic N) is 3. The minimum atomic E-state index is -0.315. The van der Waals surface area contributed by atoms with E-state index in [1.807, 2.05) is 0 Å². The molecule has 7 nitrogen and oxygen atoms in total. The van der Waals surface area contributed by atoms with Gasteiger partial charge in [0.25, 0.3) is 5.91 Å². The number of ether oxygens (including phenoxy) is 1. The van der Waals surface area contributed by atoms with Gasteiger partial charge in [0.05, 0.1) is 12.3 Å². The predicted molar refractivity (Wildman–Crippen MR) is 74.2 cm³/mol. The monoisotopic (exact) mass is 285 g/mol. The van der Waals surface area contributed by atoms with Crippen LogP contribution in [0.2, 0.25) is 0 Å². The van der Waals surface area contributed by atoms with Gasteiger partial charge >= 0.3 is 0 Å². The van der Waals surface area contributed by atoms with Gasteiger partial charge in [-0.3, -0.25) is 10.2 Å². The fraction of sp³-hybridized carbons (Fsp3) is 0.636. The lowest BCUT2D eigenvalue weighted by molar-refractivity contribution is 0.0952. The van der Waals surface area contributed by atoms with E-state index < -0.39 is 0 Å². The zero-order valence-electron chi connectivity index (χ0n) is 11.2. The summed E-state index contributed by atoms with van der Waals surface area (Å²) >= 11 is 1.36. The molecule has 3 N–H and O–H groups in total. The highest BCUT2D eigenvalue weighted by atomic mass is 32.1. The Kier molecular flexibility index (Phi) is 4.70. The number of hydrogen-bond donors (Lipinski definition) is 2. The summed E-state index contributed by atoms with van der Waals surface area (Å²) in [4.78, 5) is 21.2. The van der Waals surface area contributed by atoms with Crippen molar-refractivity contribution in [2.24, 2.45) is 5.84 Å². The number of rotatable bonds is 4. The van der Waals surface area contributed by atoms with Crippen LogP contribution in [-0.4, -0.2) is 56.1 Å². The molecule has 1 aliphatic heterocycles. The molecule has 0 atom stereocenters. The minimum Gasteiger partial charge on any atom is -0.378 e. The van der Waals surface area contributed by atoms with Crippen LogP contribution in [0.1, 0.15) is 15.4 Å². The van der Waals surface area contributed by atoms with Gasteiger partial charge in [-0.1, -0.05) is 11.3 Å². The fourth-order valence-corrected chi connectivity index (χ4v) is 2.97. The van der Waals surface area contributed by atoms with Gasteiger partial charge < -0.3 is 14.5 Å². The normalized spacial score (nSPS) is 16.7. The van der Waals surface area contributed by atoms with E-state index in [4.69, 9.17) is 10.6 Å². The van der Waals surface area contributed by atoms with Crippen molar-refractivity contribution in [2.75, 3.05) is 45.2 Å². The Morgan fingerprint density at radius 1 is 1.47 bits per heavy atom. The van der Waals surface area contributed by atoms with E-state index in [9.17, 15) is 4.79 Å². The molecule has 1 aliphatic rings. The molecule has 19 heavy (non-hydrogen) atoms. The summed E-state index contributed by atoms with van der Waals surface area (Å²) in [7, 11) is 3.68. The predicted octanol–water partition coefficient (Wildman–Crippen LogP) is -0.355. The van der Waals surface area contributed by atoms with Crippen LogP contribution in [0.3, 0.4) is 0 Å². The average molecular weight is 285 g/mol. The molecule has 2 heterocycles. The van der Waals surface area contributed by atoms with Crippen LogP contribution in [0, 0.1) is 0 Å². The molecule has 0 aromatic carbocycles. The lowest BCUT2D eigenvalue weighted by Gasteiger charge is -2.32. The van der Waals surface area contributed by atoms with Crippen molar-refractivity contribution in [1.82, 2.24) is 15.3 Å². The molecule has 0 radical (unpaired) electrons. The highest BCUT2D eigenvalue weighted by Crippen LogP contribution is 2.27. The summed E-state index contributed by atoms with van der Waals surface area (Å²) in [5.41, 5.74) is 2.80. The smallest absolute Gasteiger partial charge is 0.277 e. The van der Waals surface area contributed by atoms with Crippen LogP contribution in [0.4, 0.5) is 5.13 Å². The second-order valence-corrected chi connectivity index (χ2v) is 5.45. The third-order valence-corrected chi connectivity index (χ3v) is 4.24. The Morgan fingerprint density at radius 3 is 2.74 bits per heavy atom. The van der Waals surface area contributed by atoms with Crippen LogP contribution in [0.25, 0.3) is 0 Å². The van der Waals surface area contributed by atoms with Gasteiger partial charge in [0.1, 0.15) is 4.88 Å². The summed E-state index contributed by atoms with van der Waals surface area (Å²) in [5.74, 6) is 4.88. The summed E-state index contributed by atoms with van der Waals surface area (Å²) in [6, 6.07) is 0. The van der Waals surface area contributed by atoms with Crippen LogP contribution in [-0.2, 0) is 11.3 Å². The largest absolute Gasteiger partial charge is 0.378 e. The molecule has 0 saturated carbocycles. The van der Waals surface area contributed by atoms with Crippen LogP contribution < -0.4 is 16.2 Å². The van der Waals surface area contributed by atoms with Crippen LogP contribution in [0.5, 0.6) is 0 Å². The highest BCUT2D eigenvalue weighted by molar-refractivity contribution is 7.17. The fourth-order valence-electron chi connectivity index (χ4n) is 1.95. The quantitative estimate of drug-likeness (QED) is 0.447. The van der Waals surface area contributed by atoms with Gasteiger partial charge in [-0.25, -0.2) is 10.8 Å². The summed E-state index contributed by atoms with van der Waals surface area (Å²) in [6.45, 7) is 4.14. The number of anilines is 1. The van der Waals surface area contributed by atoms with Gasteiger partial charge in [0, 0.05) is 33.3 Å². The number of carbonyl (C=O) groups excluding carboxylic acids is 1. The molecule has 1 fully saturated rings. The lowest BCUT2D eigenvalue weighted by Crippen LogP contribution is -2.44. The summed E-state index contributed by atoms with van der Waals surface area (Å²) in [6.07, 6.45) is 0. The van der Waals surface area contributed by atoms with Gasteiger partial charge in [-0.15, -0.1) is 0 Å². The molecule has 1 aromatic heterocycles. The Hall–Kier alpha value is -1.22. The Labute approximate surface area is 116 Å². The number of methoxy groups -OCH3 is 1. The van der Waals surface area contributed by atoms with E-state index in [0.717, 1.165) is 31.3 Å². The molecule has 0 bridgehead atoms. The number of carbonyl (C=O) groups is 1. The molecule has 0 aliphatic carbocycles. The Bertz CT molecular complexity index is 442. The summed E-state index contributed by atoms with van der Waals surface area (Å²) < 4.78 is 5.08. The number of amides is 1. The number of likely N-dealkylation sites (N-methyl/N-ethyl adjacent to an activating group) is 1. The van der Waals surface area contributed by atoms with Crippen molar-refractivity contribution in [2.45, 2.75) is 6.61 Å². The van der Waals surface area contributed by atoms with E-state index in [-0.39, 0.29) is 5.91 Å². The second kappa shape index (κ2) is 6.29. The SMILES string of the molecule is COCc1nc(N2CCN(C)CC2)sc1C(=O)NN. The van der Waals surface area contributed by atoms with E-state index in [1.165, 1.54) is 11.3 Å². The number of hydrazine groups is 1. The zero-order chi connectivity index (χ0) is 13.8. The van der Waals surface area contributed by atoms with Crippen molar-refractivity contribution < 1.29 is 9.53 Å². The minimum absolute atomic E-state index is 0.312. The molecule has 106 valence electrons. The zero-order valence-corrected chi connectivity index (χ0v) is 12.0. The van der Waals surface area contributed by atoms with Gasteiger partial charge in [-0.2, -0.15) is 0 Å². The third kappa shape index (κ3) is 3.21. The van der Waals surface area contributed by atoms with E-state index in [0.29, 0.717) is 17.2 Å². The number of hydrogen-bond acceptors (Lipinski definition) is 7. The molecule has 0 spiro atoms. The Morgan fingerprint density at radius 2 is 2.16 bits per heavy atom. The van der Waals surface area contributed by atoms with E-state index >= 15 is 0 Å². The second-order valence-electron chi connectivity index (χ2n) is 4.47. The lowest BCUT2D eigenvalue weighted by atomic mass is 10.3. The van der Waals surface area contributed by atoms with Gasteiger partial charge in [0.15, 0.2) is 5.13 Å². The van der Waals surface area contributed by atoms with Crippen LogP contribution >= 0.6 is 11.3 Å². The number of nitrogens with one attached hydrogen (secondary N) is 1. The molecule has 2 rings (SSSR count). The van der Waals surface area contributed by atoms with E-state index in [1.54, 1.807) is 7.11 Å². The van der Waals surface area contributed by atoms with Crippen molar-refractivity contribution in [3.63, 3.8) is 0 Å². The standard InChI is InChI=1S/C11H19N5O2S/c1-15-3-5-16(6-4-15)11-13-8(7-18-2)9(19-11)10(17)14-12/h3-7,12H2,1-2H3,(H,14,17). The maximum Gasteiger partial charge on any atom is 0.277 e. The number of nitrogen functional groups attached to an aromatic ring is 1. The molecular weight excluding hydrogens is 266 g/mol. The van der Waals surface area contributed by atoms with E-state index in [2.05, 4.69) is 27.3 Å². The number of aromatic nitrogens is 1. The van der Waals surface area contributed by atoms with Crippen molar-refractivity contribution in [1.29, 1.82) is 0 Å². The first-order valence-corrected chi connectivity index (χ1v) is 6.90. The first-order valence-electron chi connectivity index (χ1n) is 6.08. The molecule has 1 saturated heterocycles. The molecule has 1 amide bonds. The highest BCUT2D eigenvalue weighted by Gasteiger charge is 2.22. The third-order valence-electron chi connectivity index (χ3n) is 3.08. The number of piperazine rings is 1. The van der Waals surface area contributed by atoms with Crippen molar-refractivity contribution >= 4 is 22.4 Å². The van der Waals surface area contributed by atoms with Gasteiger partial charge in [0.2, 0.25) is 0 Å². The molecular formula is C11H19N5O2S. The topological polar surface area (TPSA) is 83.7 Å². The van der Waals surface area contributed by atoms with Crippen LogP contribution in [0.15, 0.2) is 0 Å². The molecule has 0 unspecified atom stereocenters. The molecule has 1 aromatic rings. The maximum atomic E-state index is 11.7. The number of thiazole rings is 1. The van der Waals surface area contributed by atoms with Gasteiger partial charge in [-0.05, 0) is 7.05 Å². The Balaban J connectivity index is 2.19. The average Bonchev–Trinajstić information content (AvgIpc) is 2.83. The maximum absolute atomic E-state index is 11.7. The molecule has 8 heteroatoms. The number of nitrogens with two attached hydrogens (primary N) is 1. The first kappa shape index (κ1) is 14.2. The van der Waals surface area contributed by atoms with Crippen molar-refractivity contribution in [3.05, 3.63) is 10.6 Å². The van der Waals surface area contributed by atoms with Crippen molar-refractivity contribution in [3.8, 4) is 0 Å². The first-order chi connectivity index (χ1) is 9.15.